The second-order valence-corrected chi connectivity index (χ2v) is 7.88. The van der Waals surface area contributed by atoms with Gasteiger partial charge in [-0.3, -0.25) is 4.79 Å². The van der Waals surface area contributed by atoms with Gasteiger partial charge in [0.05, 0.1) is 18.4 Å². The Labute approximate surface area is 171 Å². The van der Waals surface area contributed by atoms with E-state index in [0.29, 0.717) is 10.9 Å². The van der Waals surface area contributed by atoms with Crippen LogP contribution in [0.15, 0.2) is 46.4 Å². The number of aryl methyl sites for hydroxylation is 2. The molecule has 146 valence electrons. The number of carbonyl (C=O) groups is 1. The van der Waals surface area contributed by atoms with Crippen LogP contribution in [0.25, 0.3) is 22.2 Å². The second kappa shape index (κ2) is 6.93. The van der Waals surface area contributed by atoms with Crippen LogP contribution in [0.2, 0.25) is 0 Å². The Morgan fingerprint density at radius 1 is 1.14 bits per heavy atom. The summed E-state index contributed by atoms with van der Waals surface area (Å²) in [5, 5.41) is 6.33. The van der Waals surface area contributed by atoms with Crippen molar-refractivity contribution >= 4 is 33.3 Å². The number of hydrogen-bond donors (Lipinski definition) is 1. The molecule has 1 aliphatic heterocycles. The van der Waals surface area contributed by atoms with E-state index in [2.05, 4.69) is 23.3 Å². The van der Waals surface area contributed by atoms with Crippen molar-refractivity contribution in [3.8, 4) is 22.8 Å². The van der Waals surface area contributed by atoms with Gasteiger partial charge < -0.3 is 19.2 Å². The molecule has 0 aliphatic carbocycles. The topological polar surface area (TPSA) is 73.6 Å². The number of aromatic nitrogens is 1. The van der Waals surface area contributed by atoms with Crippen LogP contribution in [0.5, 0.6) is 11.5 Å². The fourth-order valence-corrected chi connectivity index (χ4v) is 4.07. The Kier molecular flexibility index (Phi) is 4.24. The first kappa shape index (κ1) is 17.8. The molecule has 2 aromatic carbocycles. The predicted octanol–water partition coefficient (Wildman–Crippen LogP) is 5.08. The number of nitrogens with one attached hydrogen (secondary N) is 1. The minimum absolute atomic E-state index is 0.127. The molecular formula is C22H18N2O4S. The fourth-order valence-electron chi connectivity index (χ4n) is 3.33. The van der Waals surface area contributed by atoms with Gasteiger partial charge in [-0.2, -0.15) is 0 Å². The van der Waals surface area contributed by atoms with Crippen LogP contribution in [0.3, 0.4) is 0 Å². The second-order valence-electron chi connectivity index (χ2n) is 7.02. The lowest BCUT2D eigenvalue weighted by Gasteiger charge is -2.03. The summed E-state index contributed by atoms with van der Waals surface area (Å²) >= 11 is 1.39. The minimum atomic E-state index is -0.127. The van der Waals surface area contributed by atoms with Crippen LogP contribution < -0.4 is 14.8 Å². The molecule has 7 heteroatoms. The van der Waals surface area contributed by atoms with Gasteiger partial charge in [-0.15, -0.1) is 11.3 Å². The first-order chi connectivity index (χ1) is 14.1. The van der Waals surface area contributed by atoms with Crippen molar-refractivity contribution in [3.05, 3.63) is 58.7 Å². The van der Waals surface area contributed by atoms with Gasteiger partial charge >= 0.3 is 0 Å². The smallest absolute Gasteiger partial charge is 0.231 e. The van der Waals surface area contributed by atoms with Gasteiger partial charge in [0, 0.05) is 21.9 Å². The number of furan rings is 1. The number of anilines is 1. The number of amides is 1. The molecule has 1 amide bonds. The number of nitrogens with zero attached hydrogens (tertiary/aromatic N) is 1. The van der Waals surface area contributed by atoms with Crippen LogP contribution in [0, 0.1) is 13.8 Å². The van der Waals surface area contributed by atoms with Crippen molar-refractivity contribution in [2.24, 2.45) is 0 Å². The third-order valence-corrected chi connectivity index (χ3v) is 5.80. The Morgan fingerprint density at radius 2 is 1.97 bits per heavy atom. The molecule has 0 bridgehead atoms. The van der Waals surface area contributed by atoms with E-state index in [1.807, 2.05) is 36.6 Å². The van der Waals surface area contributed by atoms with Gasteiger partial charge in [0.25, 0.3) is 0 Å². The van der Waals surface area contributed by atoms with Crippen molar-refractivity contribution in [1.82, 2.24) is 4.98 Å². The monoisotopic (exact) mass is 406 g/mol. The van der Waals surface area contributed by atoms with Crippen molar-refractivity contribution in [1.29, 1.82) is 0 Å². The molecule has 29 heavy (non-hydrogen) atoms. The van der Waals surface area contributed by atoms with Crippen molar-refractivity contribution < 1.29 is 18.7 Å². The van der Waals surface area contributed by atoms with Crippen LogP contribution in [-0.2, 0) is 11.2 Å². The summed E-state index contributed by atoms with van der Waals surface area (Å²) in [6.45, 7) is 4.33. The summed E-state index contributed by atoms with van der Waals surface area (Å²) in [6, 6.07) is 9.76. The van der Waals surface area contributed by atoms with E-state index >= 15 is 0 Å². The molecule has 0 saturated carbocycles. The molecule has 0 unspecified atom stereocenters. The van der Waals surface area contributed by atoms with Crippen molar-refractivity contribution in [2.75, 3.05) is 12.1 Å². The largest absolute Gasteiger partial charge is 0.464 e. The average molecular weight is 406 g/mol. The first-order valence-corrected chi connectivity index (χ1v) is 10.1. The van der Waals surface area contributed by atoms with E-state index < -0.39 is 0 Å². The Bertz CT molecular complexity index is 1240. The highest BCUT2D eigenvalue weighted by atomic mass is 32.1. The van der Waals surface area contributed by atoms with Crippen LogP contribution in [0.4, 0.5) is 5.13 Å². The molecule has 6 nitrogen and oxygen atoms in total. The minimum Gasteiger partial charge on any atom is -0.464 e. The molecule has 0 atom stereocenters. The van der Waals surface area contributed by atoms with Gasteiger partial charge in [0.1, 0.15) is 5.58 Å². The summed E-state index contributed by atoms with van der Waals surface area (Å²) in [5.41, 5.74) is 5.71. The highest BCUT2D eigenvalue weighted by molar-refractivity contribution is 7.14. The van der Waals surface area contributed by atoms with E-state index in [1.165, 1.54) is 22.5 Å². The molecule has 3 heterocycles. The number of benzene rings is 2. The predicted molar refractivity (Wildman–Crippen MR) is 112 cm³/mol. The third kappa shape index (κ3) is 3.34. The number of carbonyl (C=O) groups excluding carboxylic acids is 1. The molecule has 5 rings (SSSR count). The number of fused-ring (bicyclic) bond motifs is 2. The lowest BCUT2D eigenvalue weighted by molar-refractivity contribution is -0.115. The molecular weight excluding hydrogens is 388 g/mol. The van der Waals surface area contributed by atoms with Crippen LogP contribution in [0.1, 0.15) is 16.7 Å². The summed E-state index contributed by atoms with van der Waals surface area (Å²) in [6.07, 6.45) is 1.89. The molecule has 0 spiro atoms. The molecule has 0 fully saturated rings. The van der Waals surface area contributed by atoms with Crippen LogP contribution in [-0.4, -0.2) is 17.7 Å². The summed E-state index contributed by atoms with van der Waals surface area (Å²) < 4.78 is 16.4. The summed E-state index contributed by atoms with van der Waals surface area (Å²) in [7, 11) is 0. The maximum absolute atomic E-state index is 12.6. The molecule has 1 N–H and O–H groups in total. The van der Waals surface area contributed by atoms with E-state index in [9.17, 15) is 4.79 Å². The number of ether oxygens (including phenoxy) is 2. The number of thiazole rings is 1. The molecule has 0 radical (unpaired) electrons. The lowest BCUT2D eigenvalue weighted by atomic mass is 10.0. The van der Waals surface area contributed by atoms with Gasteiger partial charge in [0.2, 0.25) is 12.7 Å². The molecule has 1 aliphatic rings. The first-order valence-electron chi connectivity index (χ1n) is 9.19. The average Bonchev–Trinajstić information content (AvgIpc) is 3.43. The summed E-state index contributed by atoms with van der Waals surface area (Å²) in [4.78, 5) is 17.1. The Morgan fingerprint density at radius 3 is 2.86 bits per heavy atom. The standard InChI is InChI=1S/C22H18N2O4S/c1-12-5-16-15(9-26-19(16)6-13(12)2)8-21(25)24-22-23-17(10-29-22)14-3-4-18-20(7-14)28-11-27-18/h3-7,9-10H,8,11H2,1-2H3,(H,23,24,25). The Hall–Kier alpha value is -3.32. The highest BCUT2D eigenvalue weighted by Crippen LogP contribution is 2.36. The van der Waals surface area contributed by atoms with Gasteiger partial charge in [0.15, 0.2) is 16.6 Å². The zero-order valence-corrected chi connectivity index (χ0v) is 16.8. The number of rotatable bonds is 4. The molecule has 2 aromatic heterocycles. The maximum atomic E-state index is 12.6. The normalized spacial score (nSPS) is 12.5. The van der Waals surface area contributed by atoms with E-state index in [4.69, 9.17) is 13.9 Å². The van der Waals surface area contributed by atoms with Crippen LogP contribution >= 0.6 is 11.3 Å². The SMILES string of the molecule is Cc1cc2occ(CC(=O)Nc3nc(-c4ccc5c(c4)OCO5)cs3)c2cc1C. The van der Waals surface area contributed by atoms with Crippen molar-refractivity contribution in [2.45, 2.75) is 20.3 Å². The van der Waals surface area contributed by atoms with E-state index in [-0.39, 0.29) is 19.1 Å². The zero-order valence-electron chi connectivity index (χ0n) is 15.9. The van der Waals surface area contributed by atoms with Gasteiger partial charge in [-0.25, -0.2) is 4.98 Å². The zero-order chi connectivity index (χ0) is 20.0. The fraction of sp³-hybridized carbons (Fsp3) is 0.182. The van der Waals surface area contributed by atoms with E-state index in [1.54, 1.807) is 6.26 Å². The maximum Gasteiger partial charge on any atom is 0.231 e. The highest BCUT2D eigenvalue weighted by Gasteiger charge is 2.16. The van der Waals surface area contributed by atoms with Gasteiger partial charge in [-0.05, 0) is 55.3 Å². The quantitative estimate of drug-likeness (QED) is 0.511. The third-order valence-electron chi connectivity index (χ3n) is 5.04. The molecule has 0 saturated heterocycles. The summed E-state index contributed by atoms with van der Waals surface area (Å²) in [5.74, 6) is 1.31. The lowest BCUT2D eigenvalue weighted by Crippen LogP contribution is -2.14. The Balaban J connectivity index is 1.31. The number of hydrogen-bond acceptors (Lipinski definition) is 6. The van der Waals surface area contributed by atoms with Gasteiger partial charge in [-0.1, -0.05) is 0 Å². The van der Waals surface area contributed by atoms with Crippen molar-refractivity contribution in [3.63, 3.8) is 0 Å². The van der Waals surface area contributed by atoms with E-state index in [0.717, 1.165) is 33.5 Å². The molecule has 4 aromatic rings.